The van der Waals surface area contributed by atoms with Crippen LogP contribution in [-0.4, -0.2) is 44.2 Å². The summed E-state index contributed by atoms with van der Waals surface area (Å²) in [7, 11) is 0. The van der Waals surface area contributed by atoms with Crippen LogP contribution in [0.15, 0.2) is 77.9 Å². The molecule has 0 bridgehead atoms. The summed E-state index contributed by atoms with van der Waals surface area (Å²) in [5.41, 5.74) is 1.23. The number of aromatic nitrogens is 3. The minimum Gasteiger partial charge on any atom is -0.335 e. The number of carbonyl (C=O) groups excluding carboxylic acids is 1. The van der Waals surface area contributed by atoms with Gasteiger partial charge in [-0.1, -0.05) is 42.1 Å². The number of hydrogen-bond acceptors (Lipinski definition) is 5. The van der Waals surface area contributed by atoms with Gasteiger partial charge in [-0.05, 0) is 30.7 Å². The van der Waals surface area contributed by atoms with Crippen molar-refractivity contribution in [3.63, 3.8) is 0 Å². The van der Waals surface area contributed by atoms with Crippen molar-refractivity contribution in [1.29, 1.82) is 0 Å². The molecule has 0 N–H and O–H groups in total. The number of carbonyl (C=O) groups is 1. The molecule has 1 aromatic carbocycles. The minimum atomic E-state index is -0.207. The van der Waals surface area contributed by atoms with E-state index in [4.69, 9.17) is 0 Å². The van der Waals surface area contributed by atoms with Gasteiger partial charge in [0.1, 0.15) is 5.82 Å². The lowest BCUT2D eigenvalue weighted by atomic mass is 10.2. The Hall–Kier alpha value is -3.19. The van der Waals surface area contributed by atoms with Crippen LogP contribution >= 0.6 is 11.8 Å². The molecule has 0 spiro atoms. The molecule has 2 heterocycles. The summed E-state index contributed by atoms with van der Waals surface area (Å²) < 4.78 is 1.49. The summed E-state index contributed by atoms with van der Waals surface area (Å²) in [6.07, 6.45) is 4.99. The number of nitrogens with zero attached hydrogens (tertiary/aromatic N) is 4. The first kappa shape index (κ1) is 20.5. The maximum absolute atomic E-state index is 13.2. The van der Waals surface area contributed by atoms with E-state index in [1.54, 1.807) is 41.4 Å². The molecule has 0 atom stereocenters. The van der Waals surface area contributed by atoms with Crippen molar-refractivity contribution in [1.82, 2.24) is 19.4 Å². The van der Waals surface area contributed by atoms with Crippen molar-refractivity contribution in [3.05, 3.63) is 83.8 Å². The Morgan fingerprint density at radius 2 is 1.90 bits per heavy atom. The predicted octanol–water partition coefficient (Wildman–Crippen LogP) is 3.38. The van der Waals surface area contributed by atoms with Crippen LogP contribution in [0.25, 0.3) is 16.7 Å². The lowest BCUT2D eigenvalue weighted by Gasteiger charge is -2.19. The second kappa shape index (κ2) is 9.34. The van der Waals surface area contributed by atoms with Crippen LogP contribution in [0.5, 0.6) is 0 Å². The van der Waals surface area contributed by atoms with Gasteiger partial charge < -0.3 is 4.90 Å². The van der Waals surface area contributed by atoms with Gasteiger partial charge in [-0.15, -0.1) is 13.2 Å². The molecule has 0 unspecified atom stereocenters. The van der Waals surface area contributed by atoms with Gasteiger partial charge in [-0.2, -0.15) is 0 Å². The Morgan fingerprint density at radius 3 is 2.59 bits per heavy atom. The highest BCUT2D eigenvalue weighted by Gasteiger charge is 2.18. The van der Waals surface area contributed by atoms with Crippen LogP contribution in [0.4, 0.5) is 0 Å². The average Bonchev–Trinajstić information content (AvgIpc) is 2.73. The van der Waals surface area contributed by atoms with Crippen LogP contribution in [0.2, 0.25) is 0 Å². The lowest BCUT2D eigenvalue weighted by molar-refractivity contribution is -0.127. The van der Waals surface area contributed by atoms with E-state index in [2.05, 4.69) is 23.1 Å². The van der Waals surface area contributed by atoms with Gasteiger partial charge in [0.15, 0.2) is 5.16 Å². The highest BCUT2D eigenvalue weighted by atomic mass is 32.2. The first-order chi connectivity index (χ1) is 14.1. The number of amides is 1. The van der Waals surface area contributed by atoms with Crippen molar-refractivity contribution in [2.45, 2.75) is 12.1 Å². The van der Waals surface area contributed by atoms with Gasteiger partial charge in [-0.3, -0.25) is 9.59 Å². The topological polar surface area (TPSA) is 68.1 Å². The molecule has 1 amide bonds. The molecular weight excluding hydrogens is 384 g/mol. The quantitative estimate of drug-likeness (QED) is 0.326. The third kappa shape index (κ3) is 4.46. The molecule has 0 fully saturated rings. The third-order valence-electron chi connectivity index (χ3n) is 4.31. The zero-order valence-corrected chi connectivity index (χ0v) is 17.1. The highest BCUT2D eigenvalue weighted by molar-refractivity contribution is 7.99. The summed E-state index contributed by atoms with van der Waals surface area (Å²) in [5.74, 6) is 0.569. The van der Waals surface area contributed by atoms with Gasteiger partial charge in [-0.25, -0.2) is 14.5 Å². The number of rotatable bonds is 8. The second-order valence-corrected chi connectivity index (χ2v) is 7.30. The maximum atomic E-state index is 13.2. The number of benzene rings is 1. The van der Waals surface area contributed by atoms with Crippen LogP contribution in [0.1, 0.15) is 5.56 Å². The number of para-hydroxylation sites is 1. The highest BCUT2D eigenvalue weighted by Crippen LogP contribution is 2.22. The molecular formula is C22H22N4O2S. The molecule has 148 valence electrons. The number of pyridine rings is 1. The van der Waals surface area contributed by atoms with Gasteiger partial charge in [0.25, 0.3) is 5.56 Å². The van der Waals surface area contributed by atoms with Gasteiger partial charge in [0.05, 0.1) is 16.7 Å². The largest absolute Gasteiger partial charge is 0.335 e. The molecule has 0 saturated carbocycles. The number of aryl methyl sites for hydroxylation is 1. The van der Waals surface area contributed by atoms with Crippen molar-refractivity contribution < 1.29 is 4.79 Å². The molecule has 7 heteroatoms. The van der Waals surface area contributed by atoms with Crippen LogP contribution < -0.4 is 5.56 Å². The Bertz CT molecular complexity index is 1110. The summed E-state index contributed by atoms with van der Waals surface area (Å²) in [6, 6.07) is 10.9. The van der Waals surface area contributed by atoms with E-state index < -0.39 is 0 Å². The van der Waals surface area contributed by atoms with E-state index in [1.807, 2.05) is 25.1 Å². The molecule has 2 aromatic heterocycles. The smallest absolute Gasteiger partial charge is 0.267 e. The standard InChI is InChI=1S/C22H22N4O2S/c1-4-13-25(14-5-2)19(27)15-29-22-24-18-11-7-6-10-17(18)21(28)26(22)20-16(3)9-8-12-23-20/h4-12H,1-2,13-15H2,3H3. The van der Waals surface area contributed by atoms with Crippen molar-refractivity contribution in [3.8, 4) is 5.82 Å². The van der Waals surface area contributed by atoms with E-state index in [-0.39, 0.29) is 17.2 Å². The number of fused-ring (bicyclic) bond motifs is 1. The zero-order valence-electron chi connectivity index (χ0n) is 16.2. The Balaban J connectivity index is 2.04. The fourth-order valence-corrected chi connectivity index (χ4v) is 3.81. The predicted molar refractivity (Wildman–Crippen MR) is 118 cm³/mol. The summed E-state index contributed by atoms with van der Waals surface area (Å²) in [6.45, 7) is 10.1. The Kier molecular flexibility index (Phi) is 6.61. The minimum absolute atomic E-state index is 0.0819. The fourth-order valence-electron chi connectivity index (χ4n) is 2.91. The molecule has 3 aromatic rings. The van der Waals surface area contributed by atoms with Gasteiger partial charge in [0, 0.05) is 19.3 Å². The van der Waals surface area contributed by atoms with E-state index >= 15 is 0 Å². The van der Waals surface area contributed by atoms with Crippen molar-refractivity contribution in [2.24, 2.45) is 0 Å². The van der Waals surface area contributed by atoms with E-state index in [1.165, 1.54) is 16.3 Å². The molecule has 29 heavy (non-hydrogen) atoms. The molecule has 0 aliphatic rings. The van der Waals surface area contributed by atoms with Crippen LogP contribution in [-0.2, 0) is 4.79 Å². The number of thioether (sulfide) groups is 1. The summed E-state index contributed by atoms with van der Waals surface area (Å²) in [4.78, 5) is 36.6. The molecule has 0 aliphatic heterocycles. The SMILES string of the molecule is C=CCN(CC=C)C(=O)CSc1nc2ccccc2c(=O)n1-c1ncccc1C. The normalized spacial score (nSPS) is 10.7. The first-order valence-corrected chi connectivity index (χ1v) is 10.1. The number of hydrogen-bond donors (Lipinski definition) is 0. The lowest BCUT2D eigenvalue weighted by Crippen LogP contribution is -2.33. The van der Waals surface area contributed by atoms with Gasteiger partial charge >= 0.3 is 0 Å². The van der Waals surface area contributed by atoms with E-state index in [0.717, 1.165) is 5.56 Å². The van der Waals surface area contributed by atoms with Crippen LogP contribution in [0, 0.1) is 6.92 Å². The Labute approximate surface area is 173 Å². The van der Waals surface area contributed by atoms with Gasteiger partial charge in [0.2, 0.25) is 5.91 Å². The van der Waals surface area contributed by atoms with Crippen molar-refractivity contribution >= 4 is 28.6 Å². The fraction of sp³-hybridized carbons (Fsp3) is 0.182. The zero-order chi connectivity index (χ0) is 20.8. The molecule has 0 aliphatic carbocycles. The van der Waals surface area contributed by atoms with Crippen LogP contribution in [0.3, 0.4) is 0 Å². The van der Waals surface area contributed by atoms with Crippen molar-refractivity contribution in [2.75, 3.05) is 18.8 Å². The molecule has 3 rings (SSSR count). The molecule has 6 nitrogen and oxygen atoms in total. The first-order valence-electron chi connectivity index (χ1n) is 9.13. The Morgan fingerprint density at radius 1 is 1.17 bits per heavy atom. The van der Waals surface area contributed by atoms with E-state index in [0.29, 0.717) is 35.0 Å². The summed E-state index contributed by atoms with van der Waals surface area (Å²) in [5, 5.41) is 0.939. The molecule has 0 saturated heterocycles. The summed E-state index contributed by atoms with van der Waals surface area (Å²) >= 11 is 1.22. The second-order valence-electron chi connectivity index (χ2n) is 6.36. The third-order valence-corrected chi connectivity index (χ3v) is 5.24. The average molecular weight is 407 g/mol. The monoisotopic (exact) mass is 406 g/mol. The maximum Gasteiger partial charge on any atom is 0.267 e. The van der Waals surface area contributed by atoms with E-state index in [9.17, 15) is 9.59 Å². The molecule has 0 radical (unpaired) electrons.